The third kappa shape index (κ3) is 3.61. The van der Waals surface area contributed by atoms with E-state index in [1.807, 2.05) is 6.07 Å². The Labute approximate surface area is 186 Å². The van der Waals surface area contributed by atoms with Crippen LogP contribution in [-0.4, -0.2) is 42.3 Å². The van der Waals surface area contributed by atoms with Crippen molar-refractivity contribution in [2.45, 2.75) is 19.4 Å². The first-order valence-electron chi connectivity index (χ1n) is 10.6. The van der Waals surface area contributed by atoms with Crippen LogP contribution < -0.4 is 10.1 Å². The largest absolute Gasteiger partial charge is 0.496 e. The van der Waals surface area contributed by atoms with Gasteiger partial charge in [0.25, 0.3) is 5.91 Å². The van der Waals surface area contributed by atoms with Gasteiger partial charge in [-0.2, -0.15) is 5.10 Å². The van der Waals surface area contributed by atoms with E-state index in [0.29, 0.717) is 31.0 Å². The van der Waals surface area contributed by atoms with Gasteiger partial charge in [0.15, 0.2) is 0 Å². The maximum atomic E-state index is 12.8. The summed E-state index contributed by atoms with van der Waals surface area (Å²) in [6.07, 6.45) is 9.02. The summed E-state index contributed by atoms with van der Waals surface area (Å²) >= 11 is 0. The molecule has 2 heterocycles. The van der Waals surface area contributed by atoms with Crippen molar-refractivity contribution in [3.8, 4) is 16.9 Å². The molecule has 2 aromatic carbocycles. The highest BCUT2D eigenvalue weighted by molar-refractivity contribution is 6.10. The van der Waals surface area contributed by atoms with Crippen LogP contribution in [0.1, 0.15) is 27.0 Å². The average molecular weight is 428 g/mol. The molecular weight excluding hydrogens is 404 g/mol. The number of hydrogen-bond acceptors (Lipinski definition) is 5. The molecule has 0 saturated heterocycles. The molecule has 5 rings (SSSR count). The molecule has 0 fully saturated rings. The van der Waals surface area contributed by atoms with Gasteiger partial charge in [0.1, 0.15) is 11.6 Å². The molecule has 0 spiro atoms. The minimum Gasteiger partial charge on any atom is -0.496 e. The van der Waals surface area contributed by atoms with E-state index >= 15 is 0 Å². The lowest BCUT2D eigenvalue weighted by Crippen LogP contribution is -2.30. The number of amidine groups is 1. The molecule has 0 atom stereocenters. The number of aliphatic imine (C=N–C) groups is 1. The Morgan fingerprint density at radius 1 is 1.16 bits per heavy atom. The van der Waals surface area contributed by atoms with Crippen LogP contribution in [0.3, 0.4) is 0 Å². The fourth-order valence-corrected chi connectivity index (χ4v) is 4.27. The number of ether oxygens (including phenoxy) is 2. The quantitative estimate of drug-likeness (QED) is 0.648. The van der Waals surface area contributed by atoms with Gasteiger partial charge < -0.3 is 14.8 Å². The van der Waals surface area contributed by atoms with Gasteiger partial charge in [-0.05, 0) is 35.2 Å². The monoisotopic (exact) mass is 428 g/mol. The first-order chi connectivity index (χ1) is 15.7. The van der Waals surface area contributed by atoms with Crippen LogP contribution in [0.15, 0.2) is 53.8 Å². The maximum absolute atomic E-state index is 12.8. The number of nitrogens with zero attached hydrogens (tertiary/aromatic N) is 3. The summed E-state index contributed by atoms with van der Waals surface area (Å²) in [5.74, 6) is 1.14. The molecule has 0 saturated carbocycles. The predicted molar refractivity (Wildman–Crippen MR) is 124 cm³/mol. The summed E-state index contributed by atoms with van der Waals surface area (Å²) in [5.41, 5.74) is 7.10. The summed E-state index contributed by atoms with van der Waals surface area (Å²) in [7, 11) is 3.29. The fraction of sp³-hybridized carbons (Fsp3) is 0.240. The summed E-state index contributed by atoms with van der Waals surface area (Å²) in [6.45, 7) is 1.12. The number of fused-ring (bicyclic) bond motifs is 2. The molecule has 1 aliphatic carbocycles. The van der Waals surface area contributed by atoms with Crippen molar-refractivity contribution in [1.82, 2.24) is 15.1 Å². The van der Waals surface area contributed by atoms with E-state index < -0.39 is 0 Å². The Balaban J connectivity index is 1.44. The zero-order valence-electron chi connectivity index (χ0n) is 18.1. The Morgan fingerprint density at radius 2 is 2.06 bits per heavy atom. The smallest absolute Gasteiger partial charge is 0.259 e. The van der Waals surface area contributed by atoms with E-state index in [4.69, 9.17) is 14.5 Å². The molecule has 162 valence electrons. The van der Waals surface area contributed by atoms with Gasteiger partial charge in [0, 0.05) is 30.9 Å². The lowest BCUT2D eigenvalue weighted by Gasteiger charge is -2.14. The fourth-order valence-electron chi connectivity index (χ4n) is 4.27. The van der Waals surface area contributed by atoms with E-state index in [1.54, 1.807) is 31.3 Å². The van der Waals surface area contributed by atoms with E-state index in [2.05, 4.69) is 46.8 Å². The molecule has 3 aromatic rings. The number of rotatable bonds is 6. The molecule has 7 heteroatoms. The lowest BCUT2D eigenvalue weighted by molar-refractivity contribution is 0.0976. The van der Waals surface area contributed by atoms with Crippen molar-refractivity contribution < 1.29 is 14.3 Å². The predicted octanol–water partition coefficient (Wildman–Crippen LogP) is 3.79. The van der Waals surface area contributed by atoms with Crippen molar-refractivity contribution in [2.75, 3.05) is 20.8 Å². The first-order valence-corrected chi connectivity index (χ1v) is 10.6. The van der Waals surface area contributed by atoms with Crippen LogP contribution in [-0.2, 0) is 24.1 Å². The second-order valence-electron chi connectivity index (χ2n) is 7.80. The molecule has 0 unspecified atom stereocenters. The topological polar surface area (TPSA) is 77.7 Å². The van der Waals surface area contributed by atoms with Crippen molar-refractivity contribution >= 4 is 23.5 Å². The van der Waals surface area contributed by atoms with Crippen molar-refractivity contribution in [3.05, 3.63) is 71.1 Å². The third-order valence-corrected chi connectivity index (χ3v) is 5.85. The van der Waals surface area contributed by atoms with Crippen LogP contribution in [0.25, 0.3) is 17.2 Å². The van der Waals surface area contributed by atoms with Crippen LogP contribution in [0, 0.1) is 0 Å². The number of aromatic nitrogens is 2. The minimum absolute atomic E-state index is 0.231. The van der Waals surface area contributed by atoms with E-state index in [-0.39, 0.29) is 5.91 Å². The highest BCUT2D eigenvalue weighted by Crippen LogP contribution is 2.44. The van der Waals surface area contributed by atoms with Gasteiger partial charge in [0.2, 0.25) is 0 Å². The van der Waals surface area contributed by atoms with Gasteiger partial charge in [-0.25, -0.2) is 4.99 Å². The molecule has 1 amide bonds. The van der Waals surface area contributed by atoms with Crippen molar-refractivity contribution in [3.63, 3.8) is 0 Å². The summed E-state index contributed by atoms with van der Waals surface area (Å²) in [6, 6.07) is 10.4. The Hall–Kier alpha value is -3.71. The SMILES string of the molecule is COCCn1cc(C(=O)NC2=Nc3c(-c4cccc5c4CC=C5)ccc(OC)c3C2)cn1. The van der Waals surface area contributed by atoms with E-state index in [1.165, 1.54) is 16.7 Å². The molecule has 1 aromatic heterocycles. The second kappa shape index (κ2) is 8.43. The Morgan fingerprint density at radius 3 is 2.91 bits per heavy atom. The average Bonchev–Trinajstić information content (AvgIpc) is 3.55. The third-order valence-electron chi connectivity index (χ3n) is 5.85. The normalized spacial score (nSPS) is 13.6. The van der Waals surface area contributed by atoms with Gasteiger partial charge >= 0.3 is 0 Å². The van der Waals surface area contributed by atoms with Crippen molar-refractivity contribution in [2.24, 2.45) is 4.99 Å². The molecule has 7 nitrogen and oxygen atoms in total. The molecule has 32 heavy (non-hydrogen) atoms. The highest BCUT2D eigenvalue weighted by Gasteiger charge is 2.26. The Bertz CT molecular complexity index is 1260. The summed E-state index contributed by atoms with van der Waals surface area (Å²) < 4.78 is 12.3. The maximum Gasteiger partial charge on any atom is 0.259 e. The number of amides is 1. The van der Waals surface area contributed by atoms with Gasteiger partial charge in [-0.15, -0.1) is 0 Å². The van der Waals surface area contributed by atoms with E-state index in [0.717, 1.165) is 29.0 Å². The van der Waals surface area contributed by atoms with Crippen LogP contribution in [0.2, 0.25) is 0 Å². The minimum atomic E-state index is -0.231. The van der Waals surface area contributed by atoms with Gasteiger partial charge in [-0.3, -0.25) is 9.48 Å². The highest BCUT2D eigenvalue weighted by atomic mass is 16.5. The lowest BCUT2D eigenvalue weighted by atomic mass is 9.93. The molecule has 2 aliphatic rings. The van der Waals surface area contributed by atoms with Crippen molar-refractivity contribution in [1.29, 1.82) is 0 Å². The van der Waals surface area contributed by atoms with Gasteiger partial charge in [0.05, 0.1) is 37.7 Å². The van der Waals surface area contributed by atoms with Crippen LogP contribution in [0.5, 0.6) is 5.75 Å². The molecule has 1 N–H and O–H groups in total. The number of hydrogen-bond donors (Lipinski definition) is 1. The number of carbonyl (C=O) groups is 1. The van der Waals surface area contributed by atoms with Crippen LogP contribution in [0.4, 0.5) is 5.69 Å². The second-order valence-corrected chi connectivity index (χ2v) is 7.80. The first kappa shape index (κ1) is 20.2. The van der Waals surface area contributed by atoms with Crippen LogP contribution >= 0.6 is 0 Å². The number of nitrogens with one attached hydrogen (secondary N) is 1. The van der Waals surface area contributed by atoms with Gasteiger partial charge in [-0.1, -0.05) is 30.4 Å². The molecule has 0 bridgehead atoms. The number of benzene rings is 2. The number of methoxy groups -OCH3 is 2. The standard InChI is InChI=1S/C25H24N4O3/c1-31-12-11-29-15-17(14-26-29)25(30)28-23-13-21-22(32-2)10-9-20(24(21)27-23)19-8-4-6-16-5-3-7-18(16)19/h3-6,8-10,14-15H,7,11-13H2,1-2H3,(H,27,28,30). The zero-order valence-corrected chi connectivity index (χ0v) is 18.1. The molecule has 1 aliphatic heterocycles. The molecule has 0 radical (unpaired) electrons. The summed E-state index contributed by atoms with van der Waals surface area (Å²) in [4.78, 5) is 17.6. The number of allylic oxidation sites excluding steroid dienone is 1. The summed E-state index contributed by atoms with van der Waals surface area (Å²) in [5, 5.41) is 7.17. The zero-order chi connectivity index (χ0) is 22.1. The molecular formula is C25H24N4O3. The van der Waals surface area contributed by atoms with E-state index in [9.17, 15) is 4.79 Å². The number of carbonyl (C=O) groups excluding carboxylic acids is 1. The Kier molecular flexibility index (Phi) is 5.33.